The Morgan fingerprint density at radius 2 is 2.17 bits per heavy atom. The van der Waals surface area contributed by atoms with E-state index in [1.165, 1.54) is 7.05 Å². The van der Waals surface area contributed by atoms with Gasteiger partial charge >= 0.3 is 0 Å². The second kappa shape index (κ2) is 7.83. The van der Waals surface area contributed by atoms with E-state index in [-0.39, 0.29) is 31.1 Å². The topological polar surface area (TPSA) is 80.8 Å². The number of rotatable bonds is 3. The lowest BCUT2D eigenvalue weighted by Crippen LogP contribution is -2.45. The summed E-state index contributed by atoms with van der Waals surface area (Å²) >= 11 is 6.07. The minimum absolute atomic E-state index is 0.0220. The van der Waals surface area contributed by atoms with Gasteiger partial charge in [-0.1, -0.05) is 17.7 Å². The number of guanidine groups is 1. The molecule has 158 valence electrons. The second-order valence-corrected chi connectivity index (χ2v) is 8.15. The van der Waals surface area contributed by atoms with Gasteiger partial charge in [-0.3, -0.25) is 14.7 Å². The van der Waals surface area contributed by atoms with Crippen LogP contribution in [0.5, 0.6) is 5.75 Å². The standard InChI is InChI=1S/C21H21ClF2N4O2/c1-28(11-29)20(25)27-19-15-4-5-21(23,24)8-18(15)30-17-3-2-12(7-16(17)19)13-6-14(22)10-26-9-13/h2-3,6-7,9-11,15,18-19H,4-5,8H2,1H3,(H2,25,27). The molecule has 1 saturated carbocycles. The predicted molar refractivity (Wildman–Crippen MR) is 110 cm³/mol. The highest BCUT2D eigenvalue weighted by atomic mass is 35.5. The van der Waals surface area contributed by atoms with Crippen molar-refractivity contribution in [3.8, 4) is 16.9 Å². The molecule has 1 fully saturated rings. The number of hydrogen-bond donors (Lipinski definition) is 1. The second-order valence-electron chi connectivity index (χ2n) is 7.71. The smallest absolute Gasteiger partial charge is 0.251 e. The number of pyridine rings is 1. The maximum absolute atomic E-state index is 14.0. The summed E-state index contributed by atoms with van der Waals surface area (Å²) in [5.74, 6) is -2.54. The van der Waals surface area contributed by atoms with Gasteiger partial charge in [-0.05, 0) is 30.2 Å². The number of ether oxygens (including phenoxy) is 1. The van der Waals surface area contributed by atoms with E-state index in [1.54, 1.807) is 24.5 Å². The van der Waals surface area contributed by atoms with Crippen molar-refractivity contribution in [3.05, 3.63) is 47.2 Å². The van der Waals surface area contributed by atoms with E-state index < -0.39 is 18.1 Å². The van der Waals surface area contributed by atoms with Crippen molar-refractivity contribution < 1.29 is 18.3 Å². The third-order valence-corrected chi connectivity index (χ3v) is 5.87. The fourth-order valence-corrected chi connectivity index (χ4v) is 4.26. The van der Waals surface area contributed by atoms with Crippen LogP contribution in [-0.2, 0) is 4.79 Å². The van der Waals surface area contributed by atoms with Crippen LogP contribution in [0.2, 0.25) is 5.02 Å². The highest BCUT2D eigenvalue weighted by Gasteiger charge is 2.48. The summed E-state index contributed by atoms with van der Waals surface area (Å²) < 4.78 is 34.0. The Morgan fingerprint density at radius 1 is 1.37 bits per heavy atom. The maximum Gasteiger partial charge on any atom is 0.251 e. The molecule has 9 heteroatoms. The fraction of sp³-hybridized carbons (Fsp3) is 0.381. The van der Waals surface area contributed by atoms with Gasteiger partial charge in [0.1, 0.15) is 11.9 Å². The number of nitrogens with two attached hydrogens (primary N) is 1. The molecule has 1 aliphatic heterocycles. The summed E-state index contributed by atoms with van der Waals surface area (Å²) in [6, 6.07) is 6.75. The first kappa shape index (κ1) is 20.5. The first-order valence-corrected chi connectivity index (χ1v) is 9.96. The van der Waals surface area contributed by atoms with Crippen molar-refractivity contribution in [1.29, 1.82) is 0 Å². The molecule has 6 nitrogen and oxygen atoms in total. The van der Waals surface area contributed by atoms with Crippen molar-refractivity contribution in [2.24, 2.45) is 16.6 Å². The molecule has 1 aliphatic carbocycles. The van der Waals surface area contributed by atoms with E-state index in [0.717, 1.165) is 21.6 Å². The molecule has 2 aromatic rings. The zero-order valence-corrected chi connectivity index (χ0v) is 17.0. The highest BCUT2D eigenvalue weighted by molar-refractivity contribution is 6.30. The number of aromatic nitrogens is 1. The summed E-state index contributed by atoms with van der Waals surface area (Å²) in [6.45, 7) is 0. The summed E-state index contributed by atoms with van der Waals surface area (Å²) in [5.41, 5.74) is 8.38. The average Bonchev–Trinajstić information content (AvgIpc) is 2.71. The number of alkyl halides is 2. The molecule has 2 N–H and O–H groups in total. The normalized spacial score (nSPS) is 24.9. The van der Waals surface area contributed by atoms with Crippen LogP contribution in [0.15, 0.2) is 41.7 Å². The molecule has 0 bridgehead atoms. The van der Waals surface area contributed by atoms with Gasteiger partial charge in [0.2, 0.25) is 6.41 Å². The summed E-state index contributed by atoms with van der Waals surface area (Å²) in [4.78, 5) is 20.9. The monoisotopic (exact) mass is 434 g/mol. The predicted octanol–water partition coefficient (Wildman–Crippen LogP) is 4.04. The zero-order valence-electron chi connectivity index (χ0n) is 16.3. The Hall–Kier alpha value is -2.74. The Labute approximate surface area is 177 Å². The van der Waals surface area contributed by atoms with Crippen molar-refractivity contribution >= 4 is 24.0 Å². The molecule has 3 atom stereocenters. The van der Waals surface area contributed by atoms with Crippen LogP contribution in [0, 0.1) is 5.92 Å². The van der Waals surface area contributed by atoms with E-state index in [9.17, 15) is 13.6 Å². The number of benzene rings is 1. The Balaban J connectivity index is 1.80. The van der Waals surface area contributed by atoms with E-state index in [4.69, 9.17) is 22.1 Å². The highest BCUT2D eigenvalue weighted by Crippen LogP contribution is 2.50. The lowest BCUT2D eigenvalue weighted by atomic mass is 9.75. The SMILES string of the molecule is CN(C=O)C(N)=NC1c2cc(-c3cncc(Cl)c3)ccc2OC2CC(F)(F)CCC21. The Morgan fingerprint density at radius 3 is 2.90 bits per heavy atom. The molecule has 0 spiro atoms. The molecule has 2 aliphatic rings. The van der Waals surface area contributed by atoms with Crippen molar-refractivity contribution in [1.82, 2.24) is 9.88 Å². The van der Waals surface area contributed by atoms with Crippen LogP contribution in [-0.4, -0.2) is 41.3 Å². The van der Waals surface area contributed by atoms with E-state index in [2.05, 4.69) is 9.98 Å². The first-order valence-electron chi connectivity index (χ1n) is 9.58. The van der Waals surface area contributed by atoms with Gasteiger partial charge in [-0.2, -0.15) is 0 Å². The number of hydrogen-bond acceptors (Lipinski definition) is 4. The third-order valence-electron chi connectivity index (χ3n) is 5.66. The number of fused-ring (bicyclic) bond motifs is 2. The van der Waals surface area contributed by atoms with Gasteiger partial charge in [-0.25, -0.2) is 13.8 Å². The van der Waals surface area contributed by atoms with Crippen molar-refractivity contribution in [3.63, 3.8) is 0 Å². The van der Waals surface area contributed by atoms with Crippen LogP contribution in [0.3, 0.4) is 0 Å². The van der Waals surface area contributed by atoms with Crippen LogP contribution < -0.4 is 10.5 Å². The van der Waals surface area contributed by atoms with Gasteiger partial charge < -0.3 is 10.5 Å². The molecule has 0 radical (unpaired) electrons. The molecule has 1 aromatic carbocycles. The largest absolute Gasteiger partial charge is 0.489 e. The van der Waals surface area contributed by atoms with Gasteiger partial charge in [0.15, 0.2) is 5.96 Å². The van der Waals surface area contributed by atoms with Crippen molar-refractivity contribution in [2.45, 2.75) is 37.3 Å². The van der Waals surface area contributed by atoms with Crippen LogP contribution in [0.1, 0.15) is 30.9 Å². The zero-order chi connectivity index (χ0) is 21.5. The molecular weight excluding hydrogens is 414 g/mol. The van der Waals surface area contributed by atoms with Crippen LogP contribution in [0.25, 0.3) is 11.1 Å². The van der Waals surface area contributed by atoms with Crippen LogP contribution in [0.4, 0.5) is 8.78 Å². The molecule has 2 heterocycles. The van der Waals surface area contributed by atoms with Gasteiger partial charge in [-0.15, -0.1) is 0 Å². The average molecular weight is 435 g/mol. The molecule has 0 saturated heterocycles. The van der Waals surface area contributed by atoms with E-state index in [0.29, 0.717) is 17.2 Å². The van der Waals surface area contributed by atoms with Crippen molar-refractivity contribution in [2.75, 3.05) is 7.05 Å². The summed E-state index contributed by atoms with van der Waals surface area (Å²) in [6.07, 6.45) is 2.75. The molecule has 4 rings (SSSR count). The molecular formula is C21H21ClF2N4O2. The minimum atomic E-state index is -2.77. The van der Waals surface area contributed by atoms with Crippen LogP contribution >= 0.6 is 11.6 Å². The lowest BCUT2D eigenvalue weighted by Gasteiger charge is -2.43. The molecule has 30 heavy (non-hydrogen) atoms. The number of nitrogens with zero attached hydrogens (tertiary/aromatic N) is 3. The van der Waals surface area contributed by atoms with Gasteiger partial charge in [0.05, 0.1) is 11.1 Å². The summed E-state index contributed by atoms with van der Waals surface area (Å²) in [7, 11) is 1.49. The lowest BCUT2D eigenvalue weighted by molar-refractivity contribution is -0.114. The third kappa shape index (κ3) is 3.96. The first-order chi connectivity index (χ1) is 14.3. The summed E-state index contributed by atoms with van der Waals surface area (Å²) in [5, 5.41) is 0.502. The number of aliphatic imine (C=N–C) groups is 1. The fourth-order valence-electron chi connectivity index (χ4n) is 4.08. The minimum Gasteiger partial charge on any atom is -0.489 e. The molecule has 1 aromatic heterocycles. The number of carbonyl (C=O) groups is 1. The quantitative estimate of drug-likeness (QED) is 0.449. The van der Waals surface area contributed by atoms with Gasteiger partial charge in [0, 0.05) is 49.3 Å². The van der Waals surface area contributed by atoms with E-state index >= 15 is 0 Å². The maximum atomic E-state index is 14.0. The Kier molecular flexibility index (Phi) is 5.36. The molecule has 3 unspecified atom stereocenters. The number of carbonyl (C=O) groups excluding carboxylic acids is 1. The number of amides is 1. The molecule has 1 amide bonds. The van der Waals surface area contributed by atoms with E-state index in [1.807, 2.05) is 12.1 Å². The Bertz CT molecular complexity index is 1000. The number of halogens is 3. The van der Waals surface area contributed by atoms with Gasteiger partial charge in [0.25, 0.3) is 5.92 Å².